The van der Waals surface area contributed by atoms with Crippen LogP contribution in [-0.4, -0.2) is 43.5 Å². The van der Waals surface area contributed by atoms with Gasteiger partial charge in [0.15, 0.2) is 0 Å². The molecular weight excluding hydrogens is 342 g/mol. The van der Waals surface area contributed by atoms with Gasteiger partial charge < -0.3 is 9.47 Å². The fraction of sp³-hybridized carbons (Fsp3) is 0.294. The zero-order valence-electron chi connectivity index (χ0n) is 13.6. The van der Waals surface area contributed by atoms with Gasteiger partial charge in [0.1, 0.15) is 23.5 Å². The summed E-state index contributed by atoms with van der Waals surface area (Å²) in [7, 11) is -3.56. The van der Waals surface area contributed by atoms with Crippen molar-refractivity contribution < 1.29 is 17.9 Å². The molecule has 0 bridgehead atoms. The highest BCUT2D eigenvalue weighted by Gasteiger charge is 2.38. The van der Waals surface area contributed by atoms with Crippen LogP contribution in [-0.2, 0) is 10.0 Å². The van der Waals surface area contributed by atoms with E-state index in [1.165, 1.54) is 22.6 Å². The number of ether oxygens (including phenoxy) is 2. The van der Waals surface area contributed by atoms with Gasteiger partial charge in [-0.05, 0) is 43.3 Å². The molecule has 0 N–H and O–H groups in total. The highest BCUT2D eigenvalue weighted by molar-refractivity contribution is 7.89. The van der Waals surface area contributed by atoms with Crippen molar-refractivity contribution in [3.63, 3.8) is 0 Å². The maximum absolute atomic E-state index is 12.6. The fourth-order valence-electron chi connectivity index (χ4n) is 2.42. The summed E-state index contributed by atoms with van der Waals surface area (Å²) in [4.78, 5) is 4.23. The quantitative estimate of drug-likeness (QED) is 0.781. The average molecular weight is 359 g/mol. The number of hydrogen-bond acceptors (Lipinski definition) is 6. The molecule has 7 nitrogen and oxygen atoms in total. The topological polar surface area (TPSA) is 92.5 Å². The van der Waals surface area contributed by atoms with Gasteiger partial charge in [-0.1, -0.05) is 0 Å². The van der Waals surface area contributed by atoms with Crippen molar-refractivity contribution in [2.45, 2.75) is 17.9 Å². The Morgan fingerprint density at radius 2 is 2.00 bits per heavy atom. The minimum atomic E-state index is -3.56. The first-order valence-corrected chi connectivity index (χ1v) is 9.23. The molecule has 25 heavy (non-hydrogen) atoms. The molecule has 0 atom stereocenters. The maximum Gasteiger partial charge on any atom is 0.243 e. The second-order valence-electron chi connectivity index (χ2n) is 5.43. The number of pyridine rings is 1. The molecule has 0 unspecified atom stereocenters. The minimum Gasteiger partial charge on any atom is -0.494 e. The Kier molecular flexibility index (Phi) is 4.88. The molecule has 0 spiro atoms. The van der Waals surface area contributed by atoms with E-state index in [9.17, 15) is 8.42 Å². The summed E-state index contributed by atoms with van der Waals surface area (Å²) in [6.45, 7) is 2.83. The largest absolute Gasteiger partial charge is 0.494 e. The van der Waals surface area contributed by atoms with Crippen molar-refractivity contribution in [1.29, 1.82) is 5.26 Å². The van der Waals surface area contributed by atoms with E-state index in [4.69, 9.17) is 14.7 Å². The van der Waals surface area contributed by atoms with Gasteiger partial charge in [-0.3, -0.25) is 0 Å². The number of rotatable bonds is 6. The molecule has 1 aromatic heterocycles. The van der Waals surface area contributed by atoms with Gasteiger partial charge in [-0.25, -0.2) is 13.4 Å². The van der Waals surface area contributed by atoms with Crippen molar-refractivity contribution in [3.8, 4) is 17.7 Å². The molecule has 2 heterocycles. The van der Waals surface area contributed by atoms with Crippen LogP contribution in [0.4, 0.5) is 0 Å². The Hall–Kier alpha value is -2.63. The first-order chi connectivity index (χ1) is 12.0. The predicted octanol–water partition coefficient (Wildman–Crippen LogP) is 1.80. The molecule has 3 rings (SSSR count). The molecule has 2 aromatic rings. The van der Waals surface area contributed by atoms with E-state index in [2.05, 4.69) is 4.98 Å². The lowest BCUT2D eigenvalue weighted by molar-refractivity contribution is 0.0718. The summed E-state index contributed by atoms with van der Waals surface area (Å²) in [6, 6.07) is 11.6. The Labute approximate surface area is 146 Å². The van der Waals surface area contributed by atoms with Gasteiger partial charge in [0, 0.05) is 6.20 Å². The second kappa shape index (κ2) is 7.09. The molecule has 1 aromatic carbocycles. The molecule has 0 aliphatic carbocycles. The molecule has 130 valence electrons. The number of benzene rings is 1. The van der Waals surface area contributed by atoms with Crippen LogP contribution < -0.4 is 9.47 Å². The highest BCUT2D eigenvalue weighted by atomic mass is 32.2. The van der Waals surface area contributed by atoms with Gasteiger partial charge in [0.25, 0.3) is 0 Å². The summed E-state index contributed by atoms with van der Waals surface area (Å²) in [5.74, 6) is 0.860. The van der Waals surface area contributed by atoms with Crippen molar-refractivity contribution in [1.82, 2.24) is 9.29 Å². The molecule has 1 aliphatic heterocycles. The first kappa shape index (κ1) is 17.2. The van der Waals surface area contributed by atoms with Crippen LogP contribution in [0, 0.1) is 11.3 Å². The zero-order chi connectivity index (χ0) is 17.9. The minimum absolute atomic E-state index is 0.213. The number of hydrogen-bond donors (Lipinski definition) is 0. The third kappa shape index (κ3) is 3.57. The van der Waals surface area contributed by atoms with Crippen molar-refractivity contribution in [3.05, 3.63) is 48.2 Å². The summed E-state index contributed by atoms with van der Waals surface area (Å²) < 4.78 is 37.4. The third-order valence-electron chi connectivity index (χ3n) is 3.76. The summed E-state index contributed by atoms with van der Waals surface area (Å²) in [6.07, 6.45) is 1.21. The normalized spacial score (nSPS) is 15.2. The number of sulfonamides is 1. The summed E-state index contributed by atoms with van der Waals surface area (Å²) in [5, 5.41) is 9.03. The lowest BCUT2D eigenvalue weighted by Crippen LogP contribution is -2.56. The van der Waals surface area contributed by atoms with Crippen LogP contribution in [0.25, 0.3) is 0 Å². The van der Waals surface area contributed by atoms with Gasteiger partial charge >= 0.3 is 0 Å². The van der Waals surface area contributed by atoms with E-state index in [0.29, 0.717) is 17.9 Å². The molecule has 0 radical (unpaired) electrons. The van der Waals surface area contributed by atoms with Gasteiger partial charge in [0.2, 0.25) is 15.9 Å². The standard InChI is InChI=1S/C17H17N3O4S/c1-2-23-14-5-7-16(8-6-14)25(21,22)20-11-15(12-20)24-17-13(10-18)4-3-9-19-17/h3-9,15H,2,11-12H2,1H3. The van der Waals surface area contributed by atoms with E-state index < -0.39 is 10.0 Å². The lowest BCUT2D eigenvalue weighted by Gasteiger charge is -2.37. The molecular formula is C17H17N3O4S. The first-order valence-electron chi connectivity index (χ1n) is 7.79. The van der Waals surface area contributed by atoms with Crippen LogP contribution in [0.1, 0.15) is 12.5 Å². The van der Waals surface area contributed by atoms with E-state index in [1.807, 2.05) is 13.0 Å². The summed E-state index contributed by atoms with van der Waals surface area (Å²) >= 11 is 0. The van der Waals surface area contributed by atoms with E-state index >= 15 is 0 Å². The molecule has 8 heteroatoms. The number of nitrogens with zero attached hydrogens (tertiary/aromatic N) is 3. The number of nitriles is 1. The van der Waals surface area contributed by atoms with Crippen LogP contribution in [0.15, 0.2) is 47.5 Å². The van der Waals surface area contributed by atoms with Crippen LogP contribution >= 0.6 is 0 Å². The van der Waals surface area contributed by atoms with Gasteiger partial charge in [-0.15, -0.1) is 0 Å². The third-order valence-corrected chi connectivity index (χ3v) is 5.60. The van der Waals surface area contributed by atoms with Gasteiger partial charge in [0.05, 0.1) is 24.6 Å². The monoisotopic (exact) mass is 359 g/mol. The molecule has 0 amide bonds. The molecule has 1 aliphatic rings. The fourth-order valence-corrected chi connectivity index (χ4v) is 3.93. The SMILES string of the molecule is CCOc1ccc(S(=O)(=O)N2CC(Oc3ncccc3C#N)C2)cc1. The lowest BCUT2D eigenvalue weighted by atomic mass is 10.2. The molecule has 1 saturated heterocycles. The Morgan fingerprint density at radius 3 is 2.64 bits per heavy atom. The highest BCUT2D eigenvalue weighted by Crippen LogP contribution is 2.26. The van der Waals surface area contributed by atoms with Crippen LogP contribution in [0.3, 0.4) is 0 Å². The Bertz CT molecular complexity index is 885. The summed E-state index contributed by atoms with van der Waals surface area (Å²) in [5.41, 5.74) is 0.329. The van der Waals surface area contributed by atoms with E-state index in [-0.39, 0.29) is 30.0 Å². The van der Waals surface area contributed by atoms with E-state index in [1.54, 1.807) is 24.3 Å². The zero-order valence-corrected chi connectivity index (χ0v) is 14.4. The van der Waals surface area contributed by atoms with Gasteiger partial charge in [-0.2, -0.15) is 9.57 Å². The van der Waals surface area contributed by atoms with Crippen LogP contribution in [0.5, 0.6) is 11.6 Å². The second-order valence-corrected chi connectivity index (χ2v) is 7.37. The van der Waals surface area contributed by atoms with Crippen LogP contribution in [0.2, 0.25) is 0 Å². The van der Waals surface area contributed by atoms with Crippen molar-refractivity contribution in [2.75, 3.05) is 19.7 Å². The van der Waals surface area contributed by atoms with Crippen molar-refractivity contribution in [2.24, 2.45) is 0 Å². The van der Waals surface area contributed by atoms with Crippen molar-refractivity contribution >= 4 is 10.0 Å². The molecule has 0 saturated carbocycles. The maximum atomic E-state index is 12.6. The van der Waals surface area contributed by atoms with E-state index in [0.717, 1.165) is 0 Å². The number of aromatic nitrogens is 1. The smallest absolute Gasteiger partial charge is 0.243 e. The Morgan fingerprint density at radius 1 is 1.28 bits per heavy atom. The predicted molar refractivity (Wildman–Crippen MR) is 89.7 cm³/mol. The Balaban J connectivity index is 1.64. The average Bonchev–Trinajstić information content (AvgIpc) is 2.58. The molecule has 1 fully saturated rings.